The van der Waals surface area contributed by atoms with Crippen molar-refractivity contribution in [3.05, 3.63) is 59.3 Å². The van der Waals surface area contributed by atoms with E-state index in [1.54, 1.807) is 23.9 Å². The van der Waals surface area contributed by atoms with Crippen LogP contribution in [0.1, 0.15) is 37.7 Å². The first-order chi connectivity index (χ1) is 14.0. The predicted octanol–water partition coefficient (Wildman–Crippen LogP) is 5.23. The number of carbonyl (C=O) groups is 1. The number of carboxylic acid groups (broad SMARTS) is 1. The van der Waals surface area contributed by atoms with Crippen LogP contribution in [0.5, 0.6) is 0 Å². The van der Waals surface area contributed by atoms with Crippen molar-refractivity contribution in [1.82, 2.24) is 4.90 Å². The van der Waals surface area contributed by atoms with Crippen LogP contribution in [0.4, 0.5) is 8.78 Å². The molecule has 4 atom stereocenters. The van der Waals surface area contributed by atoms with Gasteiger partial charge in [-0.05, 0) is 85.5 Å². The molecule has 4 unspecified atom stereocenters. The largest absolute Gasteiger partial charge is 0.478 e. The van der Waals surface area contributed by atoms with Gasteiger partial charge < -0.3 is 10.0 Å². The number of aliphatic carboxylic acids is 1. The molecule has 1 aromatic carbocycles. The second kappa shape index (κ2) is 8.90. The second-order valence-corrected chi connectivity index (χ2v) is 9.66. The van der Waals surface area contributed by atoms with Gasteiger partial charge >= 0.3 is 5.97 Å². The standard InChI is InChI=1S/C23H27F2NO2S/c24-20-8-6-15(13-21(20)25)3-2-10-29-22-19(23(27)28)4-1-9-26(22)14-18-12-16-5-7-17(18)11-16/h1,4,6,8-9,13,16-18,22H,2-3,5,7,10-12,14H2,(H,27,28). The van der Waals surface area contributed by atoms with Crippen molar-refractivity contribution in [2.24, 2.45) is 17.8 Å². The van der Waals surface area contributed by atoms with E-state index < -0.39 is 17.6 Å². The summed E-state index contributed by atoms with van der Waals surface area (Å²) in [5, 5.41) is 9.47. The number of fused-ring (bicyclic) bond motifs is 2. The molecule has 0 saturated heterocycles. The summed E-state index contributed by atoms with van der Waals surface area (Å²) in [6.07, 6.45) is 12.3. The molecule has 29 heavy (non-hydrogen) atoms. The van der Waals surface area contributed by atoms with Crippen molar-refractivity contribution in [3.8, 4) is 0 Å². The van der Waals surface area contributed by atoms with Gasteiger partial charge in [0.2, 0.25) is 0 Å². The van der Waals surface area contributed by atoms with Gasteiger partial charge in [0.15, 0.2) is 11.6 Å². The number of aryl methyl sites for hydroxylation is 1. The minimum absolute atomic E-state index is 0.193. The van der Waals surface area contributed by atoms with E-state index in [4.69, 9.17) is 0 Å². The number of hydrogen-bond acceptors (Lipinski definition) is 3. The van der Waals surface area contributed by atoms with Crippen LogP contribution in [0.2, 0.25) is 0 Å². The van der Waals surface area contributed by atoms with Crippen molar-refractivity contribution < 1.29 is 18.7 Å². The first-order valence-electron chi connectivity index (χ1n) is 10.4. The molecular weight excluding hydrogens is 392 g/mol. The third-order valence-electron chi connectivity index (χ3n) is 6.57. The quantitative estimate of drug-likeness (QED) is 0.586. The van der Waals surface area contributed by atoms with Gasteiger partial charge in [0.05, 0.1) is 5.57 Å². The SMILES string of the molecule is O=C(O)C1=CC=CN(CC2CC3CCC2C3)C1SCCCc1ccc(F)c(F)c1. The van der Waals surface area contributed by atoms with Gasteiger partial charge in [-0.15, -0.1) is 11.8 Å². The molecule has 156 valence electrons. The van der Waals surface area contributed by atoms with Gasteiger partial charge in [-0.2, -0.15) is 0 Å². The Labute approximate surface area is 174 Å². The average molecular weight is 420 g/mol. The Morgan fingerprint density at radius 1 is 1.21 bits per heavy atom. The molecular formula is C23H27F2NO2S. The van der Waals surface area contributed by atoms with Crippen molar-refractivity contribution in [3.63, 3.8) is 0 Å². The molecule has 1 aliphatic heterocycles. The van der Waals surface area contributed by atoms with Crippen molar-refractivity contribution in [2.75, 3.05) is 12.3 Å². The Bertz CT molecular complexity index is 825. The number of nitrogens with zero attached hydrogens (tertiary/aromatic N) is 1. The maximum atomic E-state index is 13.4. The van der Waals surface area contributed by atoms with Crippen molar-refractivity contribution in [2.45, 2.75) is 43.9 Å². The fourth-order valence-electron chi connectivity index (χ4n) is 5.15. The number of thioether (sulfide) groups is 1. The number of allylic oxidation sites excluding steroid dienone is 2. The highest BCUT2D eigenvalue weighted by Crippen LogP contribution is 2.49. The zero-order valence-electron chi connectivity index (χ0n) is 16.4. The minimum atomic E-state index is -0.870. The molecule has 2 aliphatic carbocycles. The van der Waals surface area contributed by atoms with E-state index in [1.807, 2.05) is 12.3 Å². The van der Waals surface area contributed by atoms with Crippen LogP contribution in [-0.4, -0.2) is 33.6 Å². The lowest BCUT2D eigenvalue weighted by Crippen LogP contribution is -2.39. The van der Waals surface area contributed by atoms with Gasteiger partial charge in [-0.25, -0.2) is 13.6 Å². The van der Waals surface area contributed by atoms with Gasteiger partial charge in [-0.3, -0.25) is 0 Å². The summed E-state index contributed by atoms with van der Waals surface area (Å²) in [4.78, 5) is 14.0. The van der Waals surface area contributed by atoms with Crippen LogP contribution < -0.4 is 0 Å². The summed E-state index contributed by atoms with van der Waals surface area (Å²) in [6, 6.07) is 4.01. The van der Waals surface area contributed by atoms with Crippen LogP contribution in [0, 0.1) is 29.4 Å². The smallest absolute Gasteiger partial charge is 0.334 e. The average Bonchev–Trinajstić information content (AvgIpc) is 3.31. The fourth-order valence-corrected chi connectivity index (χ4v) is 6.39. The molecule has 2 saturated carbocycles. The molecule has 3 nitrogen and oxygen atoms in total. The molecule has 2 bridgehead atoms. The monoisotopic (exact) mass is 419 g/mol. The Morgan fingerprint density at radius 3 is 2.76 bits per heavy atom. The third kappa shape index (κ3) is 4.68. The van der Waals surface area contributed by atoms with Crippen LogP contribution in [0.3, 0.4) is 0 Å². The fraction of sp³-hybridized carbons (Fsp3) is 0.522. The van der Waals surface area contributed by atoms with E-state index in [2.05, 4.69) is 4.90 Å². The molecule has 1 heterocycles. The highest BCUT2D eigenvalue weighted by molar-refractivity contribution is 8.00. The van der Waals surface area contributed by atoms with E-state index in [0.29, 0.717) is 17.9 Å². The minimum Gasteiger partial charge on any atom is -0.478 e. The first-order valence-corrected chi connectivity index (χ1v) is 11.5. The summed E-state index contributed by atoms with van der Waals surface area (Å²) in [7, 11) is 0. The topological polar surface area (TPSA) is 40.5 Å². The highest BCUT2D eigenvalue weighted by Gasteiger charge is 2.41. The van der Waals surface area contributed by atoms with E-state index in [1.165, 1.54) is 31.7 Å². The summed E-state index contributed by atoms with van der Waals surface area (Å²) in [6.45, 7) is 0.920. The molecule has 4 rings (SSSR count). The van der Waals surface area contributed by atoms with Crippen LogP contribution in [-0.2, 0) is 11.2 Å². The summed E-state index contributed by atoms with van der Waals surface area (Å²) >= 11 is 1.63. The predicted molar refractivity (Wildman–Crippen MR) is 111 cm³/mol. The van der Waals surface area contributed by atoms with E-state index in [0.717, 1.165) is 42.2 Å². The lowest BCUT2D eigenvalue weighted by atomic mass is 9.88. The Kier molecular flexibility index (Phi) is 6.28. The van der Waals surface area contributed by atoms with Gasteiger partial charge in [0.25, 0.3) is 0 Å². The van der Waals surface area contributed by atoms with Crippen molar-refractivity contribution in [1.29, 1.82) is 0 Å². The molecule has 1 aromatic rings. The summed E-state index contributed by atoms with van der Waals surface area (Å²) in [5.41, 5.74) is 1.19. The zero-order valence-corrected chi connectivity index (χ0v) is 17.2. The Balaban J connectivity index is 1.35. The van der Waals surface area contributed by atoms with Gasteiger partial charge in [0, 0.05) is 12.7 Å². The van der Waals surface area contributed by atoms with Gasteiger partial charge in [-0.1, -0.05) is 12.5 Å². The molecule has 6 heteroatoms. The number of hydrogen-bond donors (Lipinski definition) is 1. The number of rotatable bonds is 8. The second-order valence-electron chi connectivity index (χ2n) is 8.48. The number of benzene rings is 1. The van der Waals surface area contributed by atoms with Crippen LogP contribution in [0.15, 0.2) is 42.1 Å². The first kappa shape index (κ1) is 20.5. The maximum Gasteiger partial charge on any atom is 0.334 e. The molecule has 0 radical (unpaired) electrons. The molecule has 0 spiro atoms. The molecule has 2 fully saturated rings. The van der Waals surface area contributed by atoms with Crippen molar-refractivity contribution >= 4 is 17.7 Å². The normalized spacial score (nSPS) is 28.1. The third-order valence-corrected chi connectivity index (χ3v) is 7.93. The molecule has 3 aliphatic rings. The van der Waals surface area contributed by atoms with E-state index >= 15 is 0 Å². The number of halogens is 2. The van der Waals surface area contributed by atoms with Gasteiger partial charge in [0.1, 0.15) is 5.37 Å². The summed E-state index contributed by atoms with van der Waals surface area (Å²) < 4.78 is 26.4. The molecule has 1 N–H and O–H groups in total. The Hall–Kier alpha value is -1.82. The maximum absolute atomic E-state index is 13.4. The van der Waals surface area contributed by atoms with Crippen LogP contribution >= 0.6 is 11.8 Å². The van der Waals surface area contributed by atoms with E-state index in [9.17, 15) is 18.7 Å². The number of carboxylic acids is 1. The van der Waals surface area contributed by atoms with Crippen LogP contribution in [0.25, 0.3) is 0 Å². The molecule has 0 aromatic heterocycles. The zero-order chi connectivity index (χ0) is 20.4. The lowest BCUT2D eigenvalue weighted by Gasteiger charge is -2.36. The van der Waals surface area contributed by atoms with E-state index in [-0.39, 0.29) is 5.37 Å². The lowest BCUT2D eigenvalue weighted by molar-refractivity contribution is -0.133. The summed E-state index contributed by atoms with van der Waals surface area (Å²) in [5.74, 6) is 0.574. The Morgan fingerprint density at radius 2 is 2.07 bits per heavy atom. The highest BCUT2D eigenvalue weighted by atomic mass is 32.2. The molecule has 0 amide bonds.